The number of ether oxygens (including phenoxy) is 2. The number of aromatic nitrogens is 2. The van der Waals surface area contributed by atoms with Gasteiger partial charge in [-0.3, -0.25) is 9.48 Å². The molecule has 0 saturated heterocycles. The van der Waals surface area contributed by atoms with Crippen molar-refractivity contribution in [2.75, 3.05) is 18.5 Å². The second kappa shape index (κ2) is 6.98. The Hall–Kier alpha value is -2.50. The van der Waals surface area contributed by atoms with Gasteiger partial charge in [-0.15, -0.1) is 0 Å². The molecule has 0 spiro atoms. The van der Waals surface area contributed by atoms with Gasteiger partial charge in [0.25, 0.3) is 5.91 Å². The molecule has 0 aliphatic rings. The Labute approximate surface area is 130 Å². The van der Waals surface area contributed by atoms with Crippen molar-refractivity contribution in [1.82, 2.24) is 9.78 Å². The molecule has 1 aromatic heterocycles. The number of hydrogen-bond donors (Lipinski definition) is 1. The minimum atomic E-state index is -0.208. The fourth-order valence-electron chi connectivity index (χ4n) is 2.01. The van der Waals surface area contributed by atoms with Crippen molar-refractivity contribution in [3.63, 3.8) is 0 Å². The minimum Gasteiger partial charge on any atom is -0.490 e. The van der Waals surface area contributed by atoms with Crippen LogP contribution in [-0.4, -0.2) is 28.9 Å². The molecule has 2 rings (SSSR count). The molecule has 1 amide bonds. The van der Waals surface area contributed by atoms with Crippen molar-refractivity contribution in [2.45, 2.75) is 20.8 Å². The first-order chi connectivity index (χ1) is 10.6. The largest absolute Gasteiger partial charge is 0.490 e. The lowest BCUT2D eigenvalue weighted by molar-refractivity contribution is 0.102. The molecule has 6 nitrogen and oxygen atoms in total. The van der Waals surface area contributed by atoms with E-state index in [1.54, 1.807) is 29.1 Å². The topological polar surface area (TPSA) is 65.4 Å². The average molecular weight is 303 g/mol. The van der Waals surface area contributed by atoms with Crippen LogP contribution in [0.2, 0.25) is 0 Å². The zero-order valence-corrected chi connectivity index (χ0v) is 13.3. The van der Waals surface area contributed by atoms with E-state index in [0.717, 1.165) is 5.69 Å². The maximum atomic E-state index is 12.4. The number of nitrogens with zero attached hydrogens (tertiary/aromatic N) is 2. The van der Waals surface area contributed by atoms with Crippen molar-refractivity contribution in [2.24, 2.45) is 7.05 Å². The summed E-state index contributed by atoms with van der Waals surface area (Å²) in [5.74, 6) is 0.999. The Kier molecular flexibility index (Phi) is 5.04. The molecule has 0 unspecified atom stereocenters. The van der Waals surface area contributed by atoms with Crippen LogP contribution in [0.15, 0.2) is 24.4 Å². The number of anilines is 1. The smallest absolute Gasteiger partial charge is 0.255 e. The Morgan fingerprint density at radius 1 is 1.23 bits per heavy atom. The zero-order valence-electron chi connectivity index (χ0n) is 13.3. The number of hydrogen-bond acceptors (Lipinski definition) is 4. The highest BCUT2D eigenvalue weighted by molar-refractivity contribution is 6.04. The molecule has 1 aromatic carbocycles. The SMILES string of the molecule is CCOc1ccc(C(=O)Nc2cnn(C)c2C)cc1OCC. The van der Waals surface area contributed by atoms with Gasteiger partial charge in [-0.2, -0.15) is 5.10 Å². The first-order valence-electron chi connectivity index (χ1n) is 7.26. The highest BCUT2D eigenvalue weighted by atomic mass is 16.5. The Balaban J connectivity index is 2.22. The molecule has 118 valence electrons. The molecule has 0 bridgehead atoms. The van der Waals surface area contributed by atoms with Crippen LogP contribution in [0.25, 0.3) is 0 Å². The van der Waals surface area contributed by atoms with Gasteiger partial charge in [-0.25, -0.2) is 0 Å². The summed E-state index contributed by atoms with van der Waals surface area (Å²) in [4.78, 5) is 12.4. The third kappa shape index (κ3) is 3.39. The number of carbonyl (C=O) groups excluding carboxylic acids is 1. The van der Waals surface area contributed by atoms with Gasteiger partial charge in [0.1, 0.15) is 0 Å². The van der Waals surface area contributed by atoms with Crippen molar-refractivity contribution in [1.29, 1.82) is 0 Å². The van der Waals surface area contributed by atoms with E-state index in [0.29, 0.717) is 36.0 Å². The molecular formula is C16H21N3O3. The summed E-state index contributed by atoms with van der Waals surface area (Å²) >= 11 is 0. The van der Waals surface area contributed by atoms with E-state index >= 15 is 0 Å². The predicted molar refractivity (Wildman–Crippen MR) is 84.7 cm³/mol. The number of rotatable bonds is 6. The van der Waals surface area contributed by atoms with Gasteiger partial charge in [0.2, 0.25) is 0 Å². The van der Waals surface area contributed by atoms with Gasteiger partial charge >= 0.3 is 0 Å². The molecular weight excluding hydrogens is 282 g/mol. The van der Waals surface area contributed by atoms with E-state index < -0.39 is 0 Å². The summed E-state index contributed by atoms with van der Waals surface area (Å²) in [6.45, 7) is 6.74. The first kappa shape index (κ1) is 15.9. The summed E-state index contributed by atoms with van der Waals surface area (Å²) in [6, 6.07) is 5.16. The molecule has 22 heavy (non-hydrogen) atoms. The van der Waals surface area contributed by atoms with Crippen molar-refractivity contribution in [3.8, 4) is 11.5 Å². The molecule has 1 heterocycles. The molecule has 0 saturated carbocycles. The molecule has 1 N–H and O–H groups in total. The highest BCUT2D eigenvalue weighted by Crippen LogP contribution is 2.29. The predicted octanol–water partition coefficient (Wildman–Crippen LogP) is 2.78. The number of aryl methyl sites for hydroxylation is 1. The Bertz CT molecular complexity index is 665. The zero-order chi connectivity index (χ0) is 16.1. The first-order valence-corrected chi connectivity index (χ1v) is 7.26. The van der Waals surface area contributed by atoms with E-state index in [9.17, 15) is 4.79 Å². The summed E-state index contributed by atoms with van der Waals surface area (Å²) in [6.07, 6.45) is 1.63. The van der Waals surface area contributed by atoms with Gasteiger partial charge in [0.05, 0.1) is 30.8 Å². The second-order valence-electron chi connectivity index (χ2n) is 4.75. The van der Waals surface area contributed by atoms with E-state index in [-0.39, 0.29) is 5.91 Å². The second-order valence-corrected chi connectivity index (χ2v) is 4.75. The standard InChI is InChI=1S/C16H21N3O3/c1-5-21-14-8-7-12(9-15(14)22-6-2)16(20)18-13-10-17-19(4)11(13)3/h7-10H,5-6H2,1-4H3,(H,18,20). The average Bonchev–Trinajstić information content (AvgIpc) is 2.81. The monoisotopic (exact) mass is 303 g/mol. The number of carbonyl (C=O) groups is 1. The lowest BCUT2D eigenvalue weighted by Crippen LogP contribution is -2.13. The lowest BCUT2D eigenvalue weighted by Gasteiger charge is -2.12. The molecule has 6 heteroatoms. The molecule has 0 aliphatic heterocycles. The summed E-state index contributed by atoms with van der Waals surface area (Å²) in [5, 5.41) is 6.96. The summed E-state index contributed by atoms with van der Waals surface area (Å²) in [5.41, 5.74) is 2.10. The van der Waals surface area contributed by atoms with Gasteiger partial charge in [0.15, 0.2) is 11.5 Å². The summed E-state index contributed by atoms with van der Waals surface area (Å²) in [7, 11) is 1.83. The third-order valence-corrected chi connectivity index (χ3v) is 3.29. The van der Waals surface area contributed by atoms with E-state index in [4.69, 9.17) is 9.47 Å². The molecule has 0 radical (unpaired) electrons. The minimum absolute atomic E-state index is 0.208. The normalized spacial score (nSPS) is 10.4. The fraction of sp³-hybridized carbons (Fsp3) is 0.375. The van der Waals surface area contributed by atoms with Crippen LogP contribution in [-0.2, 0) is 7.05 Å². The molecule has 0 atom stereocenters. The van der Waals surface area contributed by atoms with Crippen molar-refractivity contribution < 1.29 is 14.3 Å². The van der Waals surface area contributed by atoms with Crippen LogP contribution in [0.5, 0.6) is 11.5 Å². The van der Waals surface area contributed by atoms with Gasteiger partial charge in [-0.1, -0.05) is 0 Å². The quantitative estimate of drug-likeness (QED) is 0.891. The van der Waals surface area contributed by atoms with Crippen LogP contribution >= 0.6 is 0 Å². The van der Waals surface area contributed by atoms with Crippen LogP contribution in [0.1, 0.15) is 29.9 Å². The Morgan fingerprint density at radius 3 is 2.50 bits per heavy atom. The molecule has 0 fully saturated rings. The van der Waals surface area contributed by atoms with Crippen LogP contribution in [0, 0.1) is 6.92 Å². The number of benzene rings is 1. The highest BCUT2D eigenvalue weighted by Gasteiger charge is 2.13. The summed E-state index contributed by atoms with van der Waals surface area (Å²) < 4.78 is 12.7. The lowest BCUT2D eigenvalue weighted by atomic mass is 10.2. The maximum absolute atomic E-state index is 12.4. The number of nitrogens with one attached hydrogen (secondary N) is 1. The van der Waals surface area contributed by atoms with Gasteiger partial charge < -0.3 is 14.8 Å². The van der Waals surface area contributed by atoms with Crippen LogP contribution < -0.4 is 14.8 Å². The fourth-order valence-corrected chi connectivity index (χ4v) is 2.01. The van der Waals surface area contributed by atoms with Crippen molar-refractivity contribution >= 4 is 11.6 Å². The van der Waals surface area contributed by atoms with E-state index in [1.807, 2.05) is 27.8 Å². The van der Waals surface area contributed by atoms with E-state index in [2.05, 4.69) is 10.4 Å². The molecule has 0 aliphatic carbocycles. The van der Waals surface area contributed by atoms with Gasteiger partial charge in [-0.05, 0) is 39.0 Å². The van der Waals surface area contributed by atoms with E-state index in [1.165, 1.54) is 0 Å². The third-order valence-electron chi connectivity index (χ3n) is 3.29. The van der Waals surface area contributed by atoms with Crippen LogP contribution in [0.3, 0.4) is 0 Å². The van der Waals surface area contributed by atoms with Crippen LogP contribution in [0.4, 0.5) is 5.69 Å². The maximum Gasteiger partial charge on any atom is 0.255 e. The number of amides is 1. The molecule has 2 aromatic rings. The Morgan fingerprint density at radius 2 is 1.91 bits per heavy atom. The van der Waals surface area contributed by atoms with Crippen molar-refractivity contribution in [3.05, 3.63) is 35.7 Å². The van der Waals surface area contributed by atoms with Gasteiger partial charge in [0, 0.05) is 12.6 Å².